The number of hydrogen-bond donors (Lipinski definition) is 1. The van der Waals surface area contributed by atoms with Gasteiger partial charge in [0.1, 0.15) is 0 Å². The van der Waals surface area contributed by atoms with Gasteiger partial charge in [0.2, 0.25) is 0 Å². The molecule has 0 aliphatic heterocycles. The molecule has 0 unspecified atom stereocenters. The maximum atomic E-state index is 12.0. The van der Waals surface area contributed by atoms with Gasteiger partial charge in [-0.3, -0.25) is 4.79 Å². The number of aryl methyl sites for hydroxylation is 1. The van der Waals surface area contributed by atoms with Crippen LogP contribution in [-0.2, 0) is 16.4 Å². The minimum atomic E-state index is -3.24. The Kier molecular flexibility index (Phi) is 4.43. The molecule has 0 saturated carbocycles. The number of hydrogen-bond acceptors (Lipinski definition) is 3. The van der Waals surface area contributed by atoms with Crippen LogP contribution < -0.4 is 5.32 Å². The highest BCUT2D eigenvalue weighted by Gasteiger charge is 2.09. The summed E-state index contributed by atoms with van der Waals surface area (Å²) < 4.78 is 22.7. The Morgan fingerprint density at radius 1 is 1.10 bits per heavy atom. The first-order valence-corrected chi connectivity index (χ1v) is 8.39. The van der Waals surface area contributed by atoms with Crippen LogP contribution in [0.5, 0.6) is 0 Å². The van der Waals surface area contributed by atoms with Gasteiger partial charge in [-0.05, 0) is 36.8 Å². The molecular formula is C16H17NO3S. The van der Waals surface area contributed by atoms with E-state index in [2.05, 4.69) is 5.32 Å². The van der Waals surface area contributed by atoms with Gasteiger partial charge in [0.05, 0.1) is 4.90 Å². The van der Waals surface area contributed by atoms with Crippen molar-refractivity contribution in [2.24, 2.45) is 0 Å². The second kappa shape index (κ2) is 6.10. The average Bonchev–Trinajstić information content (AvgIpc) is 2.44. The van der Waals surface area contributed by atoms with E-state index in [9.17, 15) is 13.2 Å². The average molecular weight is 303 g/mol. The molecule has 0 heterocycles. The second-order valence-corrected chi connectivity index (χ2v) is 6.98. The summed E-state index contributed by atoms with van der Waals surface area (Å²) in [6, 6.07) is 13.8. The molecule has 0 fully saturated rings. The number of carbonyl (C=O) groups is 1. The smallest absolute Gasteiger partial charge is 0.251 e. The van der Waals surface area contributed by atoms with E-state index in [4.69, 9.17) is 0 Å². The third kappa shape index (κ3) is 4.16. The van der Waals surface area contributed by atoms with Gasteiger partial charge < -0.3 is 5.32 Å². The fourth-order valence-electron chi connectivity index (χ4n) is 1.96. The normalized spacial score (nSPS) is 11.1. The van der Waals surface area contributed by atoms with Crippen LogP contribution in [0.15, 0.2) is 53.4 Å². The Morgan fingerprint density at radius 3 is 2.33 bits per heavy atom. The van der Waals surface area contributed by atoms with Crippen LogP contribution in [0.1, 0.15) is 21.5 Å². The molecule has 110 valence electrons. The summed E-state index contributed by atoms with van der Waals surface area (Å²) in [6.45, 7) is 2.43. The van der Waals surface area contributed by atoms with Crippen LogP contribution in [0.25, 0.3) is 0 Å². The fourth-order valence-corrected chi connectivity index (χ4v) is 2.59. The first-order valence-electron chi connectivity index (χ1n) is 6.50. The van der Waals surface area contributed by atoms with E-state index in [0.717, 1.165) is 17.4 Å². The van der Waals surface area contributed by atoms with E-state index in [0.29, 0.717) is 12.1 Å². The molecule has 1 amide bonds. The Labute approximate surface area is 124 Å². The van der Waals surface area contributed by atoms with Crippen LogP contribution in [-0.4, -0.2) is 20.6 Å². The highest BCUT2D eigenvalue weighted by Crippen LogP contribution is 2.10. The van der Waals surface area contributed by atoms with Gasteiger partial charge in [-0.25, -0.2) is 8.42 Å². The number of sulfone groups is 1. The molecule has 0 radical (unpaired) electrons. The van der Waals surface area contributed by atoms with E-state index >= 15 is 0 Å². The highest BCUT2D eigenvalue weighted by atomic mass is 32.2. The molecule has 2 rings (SSSR count). The zero-order valence-electron chi connectivity index (χ0n) is 12.0. The lowest BCUT2D eigenvalue weighted by Gasteiger charge is -2.07. The molecule has 0 saturated heterocycles. The maximum absolute atomic E-state index is 12.0. The zero-order valence-corrected chi connectivity index (χ0v) is 12.8. The Hall–Kier alpha value is -2.14. The van der Waals surface area contributed by atoms with Crippen molar-refractivity contribution in [2.75, 3.05) is 6.26 Å². The molecule has 2 aromatic carbocycles. The molecular weight excluding hydrogens is 286 g/mol. The molecule has 0 bridgehead atoms. The Morgan fingerprint density at radius 2 is 1.76 bits per heavy atom. The van der Waals surface area contributed by atoms with Crippen molar-refractivity contribution in [3.63, 3.8) is 0 Å². The second-order valence-electron chi connectivity index (χ2n) is 4.97. The van der Waals surface area contributed by atoms with Gasteiger partial charge in [-0.1, -0.05) is 29.8 Å². The summed E-state index contributed by atoms with van der Waals surface area (Å²) in [5.41, 5.74) is 2.60. The molecule has 21 heavy (non-hydrogen) atoms. The number of carbonyl (C=O) groups excluding carboxylic acids is 1. The molecule has 0 aromatic heterocycles. The number of rotatable bonds is 4. The summed E-state index contributed by atoms with van der Waals surface area (Å²) >= 11 is 0. The van der Waals surface area contributed by atoms with Gasteiger partial charge in [0.25, 0.3) is 5.91 Å². The van der Waals surface area contributed by atoms with Crippen LogP contribution in [0.2, 0.25) is 0 Å². The molecule has 1 N–H and O–H groups in total. The van der Waals surface area contributed by atoms with Crippen molar-refractivity contribution < 1.29 is 13.2 Å². The molecule has 5 heteroatoms. The Bertz CT molecular complexity index is 749. The standard InChI is InChI=1S/C16H17NO3S/c1-12-4-3-5-13(10-12)11-17-16(18)14-6-8-15(9-7-14)21(2,19)20/h3-10H,11H2,1-2H3,(H,17,18). The lowest BCUT2D eigenvalue weighted by molar-refractivity contribution is 0.0951. The van der Waals surface area contributed by atoms with Gasteiger partial charge in [0.15, 0.2) is 9.84 Å². The van der Waals surface area contributed by atoms with E-state index in [1.807, 2.05) is 31.2 Å². The zero-order chi connectivity index (χ0) is 15.5. The molecule has 2 aromatic rings. The van der Waals surface area contributed by atoms with E-state index < -0.39 is 9.84 Å². The summed E-state index contributed by atoms with van der Waals surface area (Å²) in [6.07, 6.45) is 1.14. The lowest BCUT2D eigenvalue weighted by atomic mass is 10.1. The van der Waals surface area contributed by atoms with Crippen molar-refractivity contribution in [1.82, 2.24) is 5.32 Å². The predicted molar refractivity (Wildman–Crippen MR) is 81.9 cm³/mol. The summed E-state index contributed by atoms with van der Waals surface area (Å²) in [5, 5.41) is 2.81. The van der Waals surface area contributed by atoms with Crippen molar-refractivity contribution in [3.8, 4) is 0 Å². The maximum Gasteiger partial charge on any atom is 0.251 e. The largest absolute Gasteiger partial charge is 0.348 e. The fraction of sp³-hybridized carbons (Fsp3) is 0.188. The summed E-state index contributed by atoms with van der Waals surface area (Å²) in [5.74, 6) is -0.225. The van der Waals surface area contributed by atoms with Gasteiger partial charge >= 0.3 is 0 Å². The minimum Gasteiger partial charge on any atom is -0.348 e. The van der Waals surface area contributed by atoms with Crippen LogP contribution >= 0.6 is 0 Å². The van der Waals surface area contributed by atoms with Crippen molar-refractivity contribution in [1.29, 1.82) is 0 Å². The minimum absolute atomic E-state index is 0.206. The topological polar surface area (TPSA) is 63.2 Å². The molecule has 0 spiro atoms. The SMILES string of the molecule is Cc1cccc(CNC(=O)c2ccc(S(C)(=O)=O)cc2)c1. The van der Waals surface area contributed by atoms with Gasteiger partial charge in [-0.15, -0.1) is 0 Å². The van der Waals surface area contributed by atoms with E-state index in [1.165, 1.54) is 24.3 Å². The highest BCUT2D eigenvalue weighted by molar-refractivity contribution is 7.90. The molecule has 0 aliphatic carbocycles. The van der Waals surface area contributed by atoms with Gasteiger partial charge in [-0.2, -0.15) is 0 Å². The first-order chi connectivity index (χ1) is 9.86. The third-order valence-corrected chi connectivity index (χ3v) is 4.21. The number of benzene rings is 2. The molecule has 0 aliphatic rings. The third-order valence-electron chi connectivity index (χ3n) is 3.08. The molecule has 0 atom stereocenters. The summed E-state index contributed by atoms with van der Waals surface area (Å²) in [7, 11) is -3.24. The van der Waals surface area contributed by atoms with E-state index in [1.54, 1.807) is 0 Å². The van der Waals surface area contributed by atoms with Gasteiger partial charge in [0, 0.05) is 18.4 Å². The van der Waals surface area contributed by atoms with Crippen LogP contribution in [0.4, 0.5) is 0 Å². The van der Waals surface area contributed by atoms with Crippen molar-refractivity contribution in [3.05, 3.63) is 65.2 Å². The van der Waals surface area contributed by atoms with Crippen molar-refractivity contribution >= 4 is 15.7 Å². The monoisotopic (exact) mass is 303 g/mol. The van der Waals surface area contributed by atoms with Crippen LogP contribution in [0.3, 0.4) is 0 Å². The molecule has 4 nitrogen and oxygen atoms in total. The van der Waals surface area contributed by atoms with E-state index in [-0.39, 0.29) is 10.8 Å². The quantitative estimate of drug-likeness (QED) is 0.943. The summed E-state index contributed by atoms with van der Waals surface area (Å²) in [4.78, 5) is 12.2. The van der Waals surface area contributed by atoms with Crippen molar-refractivity contribution in [2.45, 2.75) is 18.4 Å². The van der Waals surface area contributed by atoms with Crippen LogP contribution in [0, 0.1) is 6.92 Å². The first kappa shape index (κ1) is 15.3. The predicted octanol–water partition coefficient (Wildman–Crippen LogP) is 2.33. The Balaban J connectivity index is 2.04. The number of amides is 1. The lowest BCUT2D eigenvalue weighted by Crippen LogP contribution is -2.22. The number of nitrogens with one attached hydrogen (secondary N) is 1.